The van der Waals surface area contributed by atoms with Crippen LogP contribution in [0, 0.1) is 0 Å². The number of halogens is 2. The van der Waals surface area contributed by atoms with E-state index in [-0.39, 0.29) is 11.8 Å². The van der Waals surface area contributed by atoms with E-state index in [2.05, 4.69) is 49.4 Å². The highest BCUT2D eigenvalue weighted by Crippen LogP contribution is 2.30. The molecule has 0 heterocycles. The van der Waals surface area contributed by atoms with Gasteiger partial charge in [0.15, 0.2) is 11.5 Å². The topological polar surface area (TPSA) is 76.7 Å². The van der Waals surface area contributed by atoms with Gasteiger partial charge in [-0.25, -0.2) is 0 Å². The number of carbonyl (C=O) groups excluding carboxylic acids is 2. The van der Waals surface area contributed by atoms with E-state index in [0.717, 1.165) is 28.2 Å². The van der Waals surface area contributed by atoms with Crippen LogP contribution in [0.3, 0.4) is 0 Å². The van der Waals surface area contributed by atoms with E-state index in [9.17, 15) is 9.59 Å². The third-order valence-corrected chi connectivity index (χ3v) is 6.60. The van der Waals surface area contributed by atoms with Crippen LogP contribution in [0.2, 0.25) is 0 Å². The van der Waals surface area contributed by atoms with Gasteiger partial charge < -0.3 is 20.1 Å². The molecule has 3 rings (SSSR count). The third kappa shape index (κ3) is 8.10. The minimum Gasteiger partial charge on any atom is -0.493 e. The summed E-state index contributed by atoms with van der Waals surface area (Å²) in [5.41, 5.74) is 1.60. The van der Waals surface area contributed by atoms with Gasteiger partial charge in [0.2, 0.25) is 0 Å². The number of carbonyl (C=O) groups is 2. The molecule has 0 aliphatic heterocycles. The number of nitrogens with one attached hydrogen (secondary N) is 2. The van der Waals surface area contributed by atoms with Crippen LogP contribution in [0.1, 0.15) is 65.1 Å². The minimum atomic E-state index is -0.801. The molecule has 0 saturated carbocycles. The maximum atomic E-state index is 13.0. The van der Waals surface area contributed by atoms with Crippen molar-refractivity contribution in [1.82, 2.24) is 10.6 Å². The van der Waals surface area contributed by atoms with Crippen molar-refractivity contribution in [1.29, 1.82) is 0 Å². The molecular weight excluding hydrogens is 588 g/mol. The number of amides is 2. The van der Waals surface area contributed by atoms with Gasteiger partial charge in [0.25, 0.3) is 11.8 Å². The maximum Gasteiger partial charge on any atom is 0.253 e. The van der Waals surface area contributed by atoms with Gasteiger partial charge in [0.1, 0.15) is 6.17 Å². The number of hydrogen-bond acceptors (Lipinski definition) is 4. The van der Waals surface area contributed by atoms with Gasteiger partial charge in [0, 0.05) is 20.1 Å². The predicted octanol–water partition coefficient (Wildman–Crippen LogP) is 7.04. The number of hydrogen-bond donors (Lipinski definition) is 2. The largest absolute Gasteiger partial charge is 0.493 e. The highest BCUT2D eigenvalue weighted by atomic mass is 79.9. The second-order valence-corrected chi connectivity index (χ2v) is 10.0. The van der Waals surface area contributed by atoms with Crippen LogP contribution in [-0.2, 0) is 0 Å². The van der Waals surface area contributed by atoms with Crippen molar-refractivity contribution in [2.24, 2.45) is 0 Å². The van der Waals surface area contributed by atoms with Crippen LogP contribution >= 0.6 is 31.9 Å². The fourth-order valence-corrected chi connectivity index (χ4v) is 4.06. The zero-order valence-electron chi connectivity index (χ0n) is 20.4. The fraction of sp³-hybridized carbons (Fsp3) is 0.286. The molecule has 6 nitrogen and oxygen atoms in total. The summed E-state index contributed by atoms with van der Waals surface area (Å²) in [6, 6.07) is 19.4. The van der Waals surface area contributed by atoms with E-state index < -0.39 is 6.17 Å². The van der Waals surface area contributed by atoms with E-state index in [1.165, 1.54) is 6.42 Å². The average molecular weight is 618 g/mol. The molecule has 0 aromatic heterocycles. The van der Waals surface area contributed by atoms with E-state index in [4.69, 9.17) is 9.47 Å². The molecule has 190 valence electrons. The van der Waals surface area contributed by atoms with Crippen LogP contribution in [0.15, 0.2) is 75.7 Å². The molecule has 0 spiro atoms. The molecular formula is C28H30Br2N2O4. The lowest BCUT2D eigenvalue weighted by Crippen LogP contribution is -2.41. The standard InChI is InChI=1S/C28H30Br2N2O4/c1-3-4-5-6-17-36-24-16-11-21(18-25(24)35-2)26(31-27(33)19-7-12-22(29)13-8-19)32-28(34)20-9-14-23(30)15-10-20/h7-16,18,26H,3-6,17H2,1-2H3,(H,31,33)(H,32,34). The van der Waals surface area contributed by atoms with Crippen LogP contribution in [0.4, 0.5) is 0 Å². The smallest absolute Gasteiger partial charge is 0.253 e. The molecule has 2 amide bonds. The fourth-order valence-electron chi connectivity index (χ4n) is 3.53. The summed E-state index contributed by atoms with van der Waals surface area (Å²) in [5, 5.41) is 5.85. The van der Waals surface area contributed by atoms with Crippen molar-refractivity contribution in [3.05, 3.63) is 92.4 Å². The van der Waals surface area contributed by atoms with Gasteiger partial charge in [0.05, 0.1) is 13.7 Å². The lowest BCUT2D eigenvalue weighted by Gasteiger charge is -2.22. The summed E-state index contributed by atoms with van der Waals surface area (Å²) < 4.78 is 13.2. The van der Waals surface area contributed by atoms with Crippen LogP contribution < -0.4 is 20.1 Å². The van der Waals surface area contributed by atoms with Crippen LogP contribution in [0.25, 0.3) is 0 Å². The highest BCUT2D eigenvalue weighted by Gasteiger charge is 2.21. The van der Waals surface area contributed by atoms with Gasteiger partial charge in [-0.05, 0) is 72.6 Å². The summed E-state index contributed by atoms with van der Waals surface area (Å²) in [4.78, 5) is 26.0. The van der Waals surface area contributed by atoms with E-state index in [1.807, 2.05) is 6.07 Å². The molecule has 0 unspecified atom stereocenters. The number of unbranched alkanes of at least 4 members (excludes halogenated alkanes) is 3. The SMILES string of the molecule is CCCCCCOc1ccc(C(NC(=O)c2ccc(Br)cc2)NC(=O)c2ccc(Br)cc2)cc1OC. The Morgan fingerprint density at radius 1 is 0.778 bits per heavy atom. The Hall–Kier alpha value is -2.84. The molecule has 0 radical (unpaired) electrons. The molecule has 0 saturated heterocycles. The zero-order chi connectivity index (χ0) is 25.9. The minimum absolute atomic E-state index is 0.321. The van der Waals surface area contributed by atoms with Crippen molar-refractivity contribution in [2.45, 2.75) is 38.8 Å². The van der Waals surface area contributed by atoms with Crippen molar-refractivity contribution in [3.8, 4) is 11.5 Å². The van der Waals surface area contributed by atoms with Gasteiger partial charge in [-0.2, -0.15) is 0 Å². The highest BCUT2D eigenvalue weighted by molar-refractivity contribution is 9.10. The second-order valence-electron chi connectivity index (χ2n) is 8.21. The van der Waals surface area contributed by atoms with Crippen molar-refractivity contribution >= 4 is 43.7 Å². The van der Waals surface area contributed by atoms with Crippen LogP contribution in [0.5, 0.6) is 11.5 Å². The molecule has 0 aliphatic carbocycles. The van der Waals surface area contributed by atoms with Crippen LogP contribution in [-0.4, -0.2) is 25.5 Å². The Balaban J connectivity index is 1.83. The number of rotatable bonds is 12. The monoisotopic (exact) mass is 616 g/mol. The lowest BCUT2D eigenvalue weighted by molar-refractivity contribution is 0.0883. The van der Waals surface area contributed by atoms with E-state index >= 15 is 0 Å². The summed E-state index contributed by atoms with van der Waals surface area (Å²) in [6.07, 6.45) is 3.62. The molecule has 0 atom stereocenters. The predicted molar refractivity (Wildman–Crippen MR) is 149 cm³/mol. The first-order valence-corrected chi connectivity index (χ1v) is 13.4. The molecule has 0 bridgehead atoms. The molecule has 0 aliphatic rings. The Morgan fingerprint density at radius 3 is 1.83 bits per heavy atom. The third-order valence-electron chi connectivity index (χ3n) is 5.54. The maximum absolute atomic E-state index is 13.0. The van der Waals surface area contributed by atoms with Gasteiger partial charge in [-0.3, -0.25) is 9.59 Å². The van der Waals surface area contributed by atoms with Crippen molar-refractivity contribution in [2.75, 3.05) is 13.7 Å². The average Bonchev–Trinajstić information content (AvgIpc) is 2.89. The first kappa shape index (κ1) is 27.7. The Bertz CT molecular complexity index is 1090. The van der Waals surface area contributed by atoms with Gasteiger partial charge in [-0.1, -0.05) is 64.1 Å². The first-order chi connectivity index (χ1) is 17.4. The first-order valence-electron chi connectivity index (χ1n) is 11.8. The Kier molecular flexibility index (Phi) is 10.8. The molecule has 2 N–H and O–H groups in total. The summed E-state index contributed by atoms with van der Waals surface area (Å²) in [7, 11) is 1.57. The second kappa shape index (κ2) is 14.0. The molecule has 8 heteroatoms. The summed E-state index contributed by atoms with van der Waals surface area (Å²) >= 11 is 6.76. The molecule has 0 fully saturated rings. The summed E-state index contributed by atoms with van der Waals surface area (Å²) in [6.45, 7) is 2.77. The molecule has 3 aromatic rings. The molecule has 3 aromatic carbocycles. The molecule has 36 heavy (non-hydrogen) atoms. The lowest BCUT2D eigenvalue weighted by atomic mass is 10.1. The Morgan fingerprint density at radius 2 is 1.33 bits per heavy atom. The normalized spacial score (nSPS) is 10.7. The number of methoxy groups -OCH3 is 1. The number of ether oxygens (including phenoxy) is 2. The Labute approximate surface area is 229 Å². The quantitative estimate of drug-likeness (QED) is 0.169. The number of benzene rings is 3. The zero-order valence-corrected chi connectivity index (χ0v) is 23.5. The van der Waals surface area contributed by atoms with Crippen molar-refractivity contribution < 1.29 is 19.1 Å². The van der Waals surface area contributed by atoms with Crippen molar-refractivity contribution in [3.63, 3.8) is 0 Å². The van der Waals surface area contributed by atoms with Gasteiger partial charge in [-0.15, -0.1) is 0 Å². The van der Waals surface area contributed by atoms with Gasteiger partial charge >= 0.3 is 0 Å². The van der Waals surface area contributed by atoms with E-state index in [0.29, 0.717) is 34.8 Å². The summed E-state index contributed by atoms with van der Waals surface area (Å²) in [5.74, 6) is 0.511. The van der Waals surface area contributed by atoms with E-state index in [1.54, 1.807) is 67.8 Å².